The van der Waals surface area contributed by atoms with E-state index in [0.717, 1.165) is 18.4 Å². The summed E-state index contributed by atoms with van der Waals surface area (Å²) in [6.07, 6.45) is 2.22. The van der Waals surface area contributed by atoms with Crippen LogP contribution in [0, 0.1) is 0 Å². The highest BCUT2D eigenvalue weighted by Crippen LogP contribution is 2.43. The molecule has 0 unspecified atom stereocenters. The van der Waals surface area contributed by atoms with Gasteiger partial charge in [-0.05, 0) is 66.1 Å². The van der Waals surface area contributed by atoms with Gasteiger partial charge in [-0.1, -0.05) is 29.8 Å². The van der Waals surface area contributed by atoms with Crippen molar-refractivity contribution in [1.29, 1.82) is 0 Å². The van der Waals surface area contributed by atoms with Crippen molar-refractivity contribution in [1.82, 2.24) is 0 Å². The van der Waals surface area contributed by atoms with Crippen molar-refractivity contribution in [2.45, 2.75) is 23.7 Å². The lowest BCUT2D eigenvalue weighted by Crippen LogP contribution is -2.15. The third-order valence-electron chi connectivity index (χ3n) is 4.44. The van der Waals surface area contributed by atoms with Crippen LogP contribution in [0.4, 0.5) is 11.4 Å². The molecule has 28 heavy (non-hydrogen) atoms. The number of nitrogens with one attached hydrogen (secondary N) is 2. The normalized spacial score (nSPS) is 13.9. The number of halogens is 1. The van der Waals surface area contributed by atoms with Crippen LogP contribution >= 0.6 is 22.9 Å². The first-order valence-corrected chi connectivity index (χ1v) is 11.4. The maximum absolute atomic E-state index is 12.7. The molecule has 1 aliphatic carbocycles. The summed E-state index contributed by atoms with van der Waals surface area (Å²) in [6.45, 7) is 0. The average molecular weight is 433 g/mol. The van der Waals surface area contributed by atoms with Crippen LogP contribution in [0.5, 0.6) is 0 Å². The maximum atomic E-state index is 12.7. The van der Waals surface area contributed by atoms with E-state index in [2.05, 4.69) is 10.0 Å². The number of rotatable bonds is 6. The van der Waals surface area contributed by atoms with Gasteiger partial charge in [-0.15, -0.1) is 11.3 Å². The lowest BCUT2D eigenvalue weighted by molar-refractivity contribution is 0.102. The van der Waals surface area contributed by atoms with Gasteiger partial charge in [0.1, 0.15) is 0 Å². The third-order valence-corrected chi connectivity index (χ3v) is 7.06. The van der Waals surface area contributed by atoms with Crippen LogP contribution in [0.2, 0.25) is 5.02 Å². The van der Waals surface area contributed by atoms with Gasteiger partial charge in [-0.2, -0.15) is 0 Å². The summed E-state index contributed by atoms with van der Waals surface area (Å²) in [5, 5.41) is 5.03. The van der Waals surface area contributed by atoms with Crippen LogP contribution in [0.25, 0.3) is 0 Å². The molecule has 0 saturated heterocycles. The predicted molar refractivity (Wildman–Crippen MR) is 113 cm³/mol. The molecule has 1 aromatic heterocycles. The summed E-state index contributed by atoms with van der Waals surface area (Å²) in [5.41, 5.74) is 1.79. The van der Waals surface area contributed by atoms with Crippen LogP contribution < -0.4 is 10.0 Å². The molecule has 1 aliphatic rings. The van der Waals surface area contributed by atoms with E-state index in [1.54, 1.807) is 36.4 Å². The Morgan fingerprint density at radius 2 is 1.86 bits per heavy atom. The minimum absolute atomic E-state index is 0.0406. The van der Waals surface area contributed by atoms with Crippen molar-refractivity contribution < 1.29 is 13.2 Å². The van der Waals surface area contributed by atoms with Crippen LogP contribution in [0.15, 0.2) is 64.9 Å². The number of carbonyl (C=O) groups excluding carboxylic acids is 1. The Hall–Kier alpha value is -2.35. The molecule has 2 N–H and O–H groups in total. The van der Waals surface area contributed by atoms with Crippen LogP contribution in [-0.2, 0) is 10.0 Å². The van der Waals surface area contributed by atoms with E-state index in [0.29, 0.717) is 27.2 Å². The Balaban J connectivity index is 1.55. The standard InChI is InChI=1S/C20H17ClN2O3S2/c21-17-6-1-2-7-18(17)23-28(25,26)15-5-3-4-14(12-15)22-20(24)19-16(10-11-27-19)13-8-9-13/h1-7,10-13,23H,8-9H2,(H,22,24). The Kier molecular flexibility index (Phi) is 5.14. The van der Waals surface area contributed by atoms with Crippen molar-refractivity contribution in [3.63, 3.8) is 0 Å². The van der Waals surface area contributed by atoms with Crippen molar-refractivity contribution in [2.75, 3.05) is 10.0 Å². The van der Waals surface area contributed by atoms with Crippen molar-refractivity contribution in [2.24, 2.45) is 0 Å². The van der Waals surface area contributed by atoms with Gasteiger partial charge in [0.15, 0.2) is 0 Å². The zero-order valence-corrected chi connectivity index (χ0v) is 17.1. The maximum Gasteiger partial charge on any atom is 0.266 e. The summed E-state index contributed by atoms with van der Waals surface area (Å²) < 4.78 is 27.9. The molecule has 8 heteroatoms. The highest BCUT2D eigenvalue weighted by atomic mass is 35.5. The fourth-order valence-electron chi connectivity index (χ4n) is 2.90. The Morgan fingerprint density at radius 3 is 2.61 bits per heavy atom. The summed E-state index contributed by atoms with van der Waals surface area (Å²) >= 11 is 7.44. The van der Waals surface area contributed by atoms with Crippen LogP contribution in [0.1, 0.15) is 34.0 Å². The number of sulfonamides is 1. The molecule has 2 aromatic carbocycles. The van der Waals surface area contributed by atoms with E-state index in [-0.39, 0.29) is 10.8 Å². The molecule has 0 bridgehead atoms. The quantitative estimate of drug-likeness (QED) is 0.552. The van der Waals surface area contributed by atoms with Crippen LogP contribution in [0.3, 0.4) is 0 Å². The number of hydrogen-bond acceptors (Lipinski definition) is 4. The molecular formula is C20H17ClN2O3S2. The minimum atomic E-state index is -3.84. The molecule has 4 rings (SSSR count). The predicted octanol–water partition coefficient (Wildman–Crippen LogP) is 5.33. The van der Waals surface area contributed by atoms with Gasteiger partial charge in [0, 0.05) is 5.69 Å². The van der Waals surface area contributed by atoms with E-state index >= 15 is 0 Å². The van der Waals surface area contributed by atoms with E-state index < -0.39 is 10.0 Å². The minimum Gasteiger partial charge on any atom is -0.321 e. The number of carbonyl (C=O) groups is 1. The first kappa shape index (κ1) is 19.0. The fraction of sp³-hybridized carbons (Fsp3) is 0.150. The zero-order valence-electron chi connectivity index (χ0n) is 14.7. The summed E-state index contributed by atoms with van der Waals surface area (Å²) in [7, 11) is -3.84. The molecule has 0 radical (unpaired) electrons. The van der Waals surface area contributed by atoms with Crippen molar-refractivity contribution in [3.8, 4) is 0 Å². The van der Waals surface area contributed by atoms with Gasteiger partial charge in [0.05, 0.1) is 20.5 Å². The molecule has 144 valence electrons. The average Bonchev–Trinajstić information content (AvgIpc) is 3.40. The summed E-state index contributed by atoms with van der Waals surface area (Å²) in [6, 6.07) is 14.7. The smallest absolute Gasteiger partial charge is 0.266 e. The SMILES string of the molecule is O=C(Nc1cccc(S(=O)(=O)Nc2ccccc2Cl)c1)c1sccc1C1CC1. The fourth-order valence-corrected chi connectivity index (χ4v) is 5.14. The molecular weight excluding hydrogens is 416 g/mol. The number of amides is 1. The van der Waals surface area contributed by atoms with Gasteiger partial charge in [-0.3, -0.25) is 9.52 Å². The molecule has 1 amide bonds. The number of anilines is 2. The second-order valence-corrected chi connectivity index (χ2v) is 9.55. The monoisotopic (exact) mass is 432 g/mol. The molecule has 1 saturated carbocycles. The number of para-hydroxylation sites is 1. The molecule has 1 heterocycles. The van der Waals surface area contributed by atoms with E-state index in [9.17, 15) is 13.2 Å². The topological polar surface area (TPSA) is 75.3 Å². The van der Waals surface area contributed by atoms with Gasteiger partial charge < -0.3 is 5.32 Å². The molecule has 1 fully saturated rings. The largest absolute Gasteiger partial charge is 0.321 e. The Labute approximate surface area is 172 Å². The van der Waals surface area contributed by atoms with Gasteiger partial charge >= 0.3 is 0 Å². The Bertz CT molecular complexity index is 1140. The van der Waals surface area contributed by atoms with E-state index in [1.807, 2.05) is 11.4 Å². The lowest BCUT2D eigenvalue weighted by Gasteiger charge is -2.11. The Morgan fingerprint density at radius 1 is 1.07 bits per heavy atom. The highest BCUT2D eigenvalue weighted by Gasteiger charge is 2.29. The zero-order chi connectivity index (χ0) is 19.7. The van der Waals surface area contributed by atoms with E-state index in [1.165, 1.54) is 23.5 Å². The second kappa shape index (κ2) is 7.58. The van der Waals surface area contributed by atoms with Crippen molar-refractivity contribution in [3.05, 3.63) is 75.4 Å². The number of benzene rings is 2. The summed E-state index contributed by atoms with van der Waals surface area (Å²) in [5.74, 6) is 0.254. The molecule has 5 nitrogen and oxygen atoms in total. The van der Waals surface area contributed by atoms with Crippen molar-refractivity contribution >= 4 is 50.2 Å². The first-order valence-electron chi connectivity index (χ1n) is 8.70. The summed E-state index contributed by atoms with van der Waals surface area (Å²) in [4.78, 5) is 13.4. The van der Waals surface area contributed by atoms with Crippen LogP contribution in [-0.4, -0.2) is 14.3 Å². The third kappa shape index (κ3) is 4.06. The van der Waals surface area contributed by atoms with E-state index in [4.69, 9.17) is 11.6 Å². The lowest BCUT2D eigenvalue weighted by atomic mass is 10.1. The van der Waals surface area contributed by atoms with Gasteiger partial charge in [0.25, 0.3) is 15.9 Å². The second-order valence-electron chi connectivity index (χ2n) is 6.55. The molecule has 0 atom stereocenters. The van der Waals surface area contributed by atoms with Gasteiger partial charge in [0.2, 0.25) is 0 Å². The molecule has 0 spiro atoms. The first-order chi connectivity index (χ1) is 13.4. The van der Waals surface area contributed by atoms with Gasteiger partial charge in [-0.25, -0.2) is 8.42 Å². The molecule has 0 aliphatic heterocycles. The number of thiophene rings is 1. The highest BCUT2D eigenvalue weighted by molar-refractivity contribution is 7.92. The number of hydrogen-bond donors (Lipinski definition) is 2. The molecule has 3 aromatic rings.